The Morgan fingerprint density at radius 3 is 2.70 bits per heavy atom. The molecule has 0 saturated heterocycles. The number of nitrogen functional groups attached to an aromatic ring is 1. The lowest BCUT2D eigenvalue weighted by atomic mass is 10.1. The number of benzene rings is 2. The van der Waals surface area contributed by atoms with E-state index in [1.165, 1.54) is 22.5 Å². The third kappa shape index (κ3) is 2.02. The minimum atomic E-state index is -3.75. The predicted molar refractivity (Wildman–Crippen MR) is 75.5 cm³/mol. The fourth-order valence-corrected chi connectivity index (χ4v) is 3.90. The average molecular weight is 292 g/mol. The van der Waals surface area contributed by atoms with Gasteiger partial charge in [-0.05, 0) is 42.3 Å². The Morgan fingerprint density at radius 2 is 1.95 bits per heavy atom. The minimum Gasteiger partial charge on any atom is -0.399 e. The SMILES string of the molecule is Nc1ccc2c(c1)N(S(=O)(=O)c1cccc(F)c1)CC2. The summed E-state index contributed by atoms with van der Waals surface area (Å²) in [6.07, 6.45) is 0.629. The van der Waals surface area contributed by atoms with Gasteiger partial charge < -0.3 is 5.73 Å². The van der Waals surface area contributed by atoms with Gasteiger partial charge in [-0.1, -0.05) is 12.1 Å². The fraction of sp³-hybridized carbons (Fsp3) is 0.143. The smallest absolute Gasteiger partial charge is 0.264 e. The maximum atomic E-state index is 13.2. The molecule has 0 atom stereocenters. The molecule has 0 amide bonds. The van der Waals surface area contributed by atoms with Crippen molar-refractivity contribution in [3.05, 3.63) is 53.8 Å². The Kier molecular flexibility index (Phi) is 2.90. The molecule has 0 radical (unpaired) electrons. The van der Waals surface area contributed by atoms with E-state index >= 15 is 0 Å². The maximum Gasteiger partial charge on any atom is 0.264 e. The molecule has 1 aliphatic heterocycles. The van der Waals surface area contributed by atoms with Crippen LogP contribution in [0.15, 0.2) is 47.4 Å². The van der Waals surface area contributed by atoms with Gasteiger partial charge in [0.2, 0.25) is 0 Å². The molecule has 0 spiro atoms. The lowest BCUT2D eigenvalue weighted by molar-refractivity contribution is 0.587. The summed E-state index contributed by atoms with van der Waals surface area (Å²) >= 11 is 0. The minimum absolute atomic E-state index is 0.0484. The summed E-state index contributed by atoms with van der Waals surface area (Å²) in [5.41, 5.74) is 7.73. The van der Waals surface area contributed by atoms with Crippen molar-refractivity contribution in [2.24, 2.45) is 0 Å². The van der Waals surface area contributed by atoms with E-state index < -0.39 is 15.8 Å². The largest absolute Gasteiger partial charge is 0.399 e. The highest BCUT2D eigenvalue weighted by molar-refractivity contribution is 7.92. The fourth-order valence-electron chi connectivity index (χ4n) is 2.37. The first-order chi connectivity index (χ1) is 9.48. The average Bonchev–Trinajstić information content (AvgIpc) is 2.82. The number of rotatable bonds is 2. The van der Waals surface area contributed by atoms with Crippen LogP contribution in [0.1, 0.15) is 5.56 Å². The van der Waals surface area contributed by atoms with E-state index in [0.717, 1.165) is 11.6 Å². The van der Waals surface area contributed by atoms with Crippen molar-refractivity contribution < 1.29 is 12.8 Å². The summed E-state index contributed by atoms with van der Waals surface area (Å²) in [5.74, 6) is -0.571. The molecule has 6 heteroatoms. The van der Waals surface area contributed by atoms with E-state index in [0.29, 0.717) is 24.3 Å². The van der Waals surface area contributed by atoms with Gasteiger partial charge in [0.15, 0.2) is 0 Å². The molecule has 0 aliphatic carbocycles. The number of hydrogen-bond acceptors (Lipinski definition) is 3. The molecule has 2 aromatic rings. The summed E-state index contributed by atoms with van der Waals surface area (Å²) in [4.78, 5) is -0.0484. The van der Waals surface area contributed by atoms with Crippen LogP contribution >= 0.6 is 0 Å². The van der Waals surface area contributed by atoms with Gasteiger partial charge in [0, 0.05) is 12.2 Å². The summed E-state index contributed by atoms with van der Waals surface area (Å²) in [6.45, 7) is 0.345. The molecule has 104 valence electrons. The Bertz CT molecular complexity index is 774. The van der Waals surface area contributed by atoms with Gasteiger partial charge in [-0.2, -0.15) is 0 Å². The van der Waals surface area contributed by atoms with Crippen LogP contribution in [0.3, 0.4) is 0 Å². The normalized spacial score (nSPS) is 14.3. The zero-order valence-corrected chi connectivity index (χ0v) is 11.4. The Balaban J connectivity index is 2.09. The van der Waals surface area contributed by atoms with Crippen molar-refractivity contribution in [2.45, 2.75) is 11.3 Å². The van der Waals surface area contributed by atoms with Gasteiger partial charge in [-0.15, -0.1) is 0 Å². The van der Waals surface area contributed by atoms with E-state index in [1.807, 2.05) is 6.07 Å². The van der Waals surface area contributed by atoms with E-state index in [9.17, 15) is 12.8 Å². The van der Waals surface area contributed by atoms with Gasteiger partial charge in [-0.25, -0.2) is 12.8 Å². The highest BCUT2D eigenvalue weighted by atomic mass is 32.2. The van der Waals surface area contributed by atoms with Gasteiger partial charge in [-0.3, -0.25) is 4.31 Å². The van der Waals surface area contributed by atoms with Crippen molar-refractivity contribution >= 4 is 21.4 Å². The van der Waals surface area contributed by atoms with E-state index in [4.69, 9.17) is 5.73 Å². The van der Waals surface area contributed by atoms with E-state index in [-0.39, 0.29) is 4.90 Å². The van der Waals surface area contributed by atoms with Crippen LogP contribution in [0.4, 0.5) is 15.8 Å². The number of hydrogen-bond donors (Lipinski definition) is 1. The van der Waals surface area contributed by atoms with Crippen molar-refractivity contribution in [2.75, 3.05) is 16.6 Å². The molecular formula is C14H13FN2O2S. The first-order valence-corrected chi connectivity index (χ1v) is 7.59. The molecule has 2 N–H and O–H groups in total. The van der Waals surface area contributed by atoms with Crippen LogP contribution in [0.25, 0.3) is 0 Å². The third-order valence-corrected chi connectivity index (χ3v) is 5.16. The molecule has 3 rings (SSSR count). The van der Waals surface area contributed by atoms with Crippen LogP contribution in [-0.2, 0) is 16.4 Å². The van der Waals surface area contributed by atoms with Crippen LogP contribution in [0.5, 0.6) is 0 Å². The van der Waals surface area contributed by atoms with Gasteiger partial charge in [0.1, 0.15) is 5.82 Å². The second kappa shape index (κ2) is 4.49. The van der Waals surface area contributed by atoms with Crippen LogP contribution in [-0.4, -0.2) is 15.0 Å². The molecule has 0 saturated carbocycles. The number of sulfonamides is 1. The molecule has 1 aliphatic rings. The lowest BCUT2D eigenvalue weighted by Gasteiger charge is -2.19. The van der Waals surface area contributed by atoms with Gasteiger partial charge in [0.25, 0.3) is 10.0 Å². The predicted octanol–water partition coefficient (Wildman–Crippen LogP) is 2.16. The van der Waals surface area contributed by atoms with E-state index in [1.54, 1.807) is 12.1 Å². The third-order valence-electron chi connectivity index (χ3n) is 3.35. The quantitative estimate of drug-likeness (QED) is 0.863. The second-order valence-corrected chi connectivity index (χ2v) is 6.54. The lowest BCUT2D eigenvalue weighted by Crippen LogP contribution is -2.29. The van der Waals surface area contributed by atoms with Crippen molar-refractivity contribution in [1.29, 1.82) is 0 Å². The van der Waals surface area contributed by atoms with Crippen LogP contribution in [0.2, 0.25) is 0 Å². The topological polar surface area (TPSA) is 63.4 Å². The summed E-state index contributed by atoms with van der Waals surface area (Å²) in [7, 11) is -3.75. The number of anilines is 2. The number of nitrogens with two attached hydrogens (primary N) is 1. The zero-order chi connectivity index (χ0) is 14.3. The number of fused-ring (bicyclic) bond motifs is 1. The summed E-state index contributed by atoms with van der Waals surface area (Å²) in [5, 5.41) is 0. The molecule has 0 aromatic heterocycles. The van der Waals surface area contributed by atoms with Gasteiger partial charge in [0.05, 0.1) is 10.6 Å². The van der Waals surface area contributed by atoms with E-state index in [2.05, 4.69) is 0 Å². The molecule has 20 heavy (non-hydrogen) atoms. The van der Waals surface area contributed by atoms with Crippen molar-refractivity contribution in [1.82, 2.24) is 0 Å². The Morgan fingerprint density at radius 1 is 1.15 bits per heavy atom. The molecule has 0 bridgehead atoms. The first-order valence-electron chi connectivity index (χ1n) is 6.15. The Labute approximate surface area is 116 Å². The van der Waals surface area contributed by atoms with Crippen molar-refractivity contribution in [3.8, 4) is 0 Å². The van der Waals surface area contributed by atoms with Crippen molar-refractivity contribution in [3.63, 3.8) is 0 Å². The number of halogens is 1. The monoisotopic (exact) mass is 292 g/mol. The molecule has 2 aromatic carbocycles. The highest BCUT2D eigenvalue weighted by Gasteiger charge is 2.31. The zero-order valence-electron chi connectivity index (χ0n) is 10.6. The molecular weight excluding hydrogens is 279 g/mol. The standard InChI is InChI=1S/C14H13FN2O2S/c15-11-2-1-3-13(8-11)20(18,19)17-7-6-10-4-5-12(16)9-14(10)17/h1-5,8-9H,6-7,16H2. The molecule has 0 unspecified atom stereocenters. The van der Waals surface area contributed by atoms with Gasteiger partial charge >= 0.3 is 0 Å². The number of nitrogens with zero attached hydrogens (tertiary/aromatic N) is 1. The molecule has 4 nitrogen and oxygen atoms in total. The highest BCUT2D eigenvalue weighted by Crippen LogP contribution is 2.34. The van der Waals surface area contributed by atoms with Crippen LogP contribution in [0, 0.1) is 5.82 Å². The first kappa shape index (κ1) is 12.9. The Hall–Kier alpha value is -2.08. The molecule has 0 fully saturated rings. The maximum absolute atomic E-state index is 13.2. The van der Waals surface area contributed by atoms with Crippen LogP contribution < -0.4 is 10.0 Å². The summed E-state index contributed by atoms with van der Waals surface area (Å²) in [6, 6.07) is 10.2. The summed E-state index contributed by atoms with van der Waals surface area (Å²) < 4.78 is 39.7. The second-order valence-electron chi connectivity index (χ2n) is 4.67. The molecule has 1 heterocycles.